The van der Waals surface area contributed by atoms with Crippen LogP contribution in [-0.2, 0) is 6.61 Å². The van der Waals surface area contributed by atoms with Gasteiger partial charge in [-0.25, -0.2) is 4.98 Å². The molecule has 2 heterocycles. The van der Waals surface area contributed by atoms with E-state index >= 15 is 0 Å². The number of ether oxygens (including phenoxy) is 1. The Morgan fingerprint density at radius 2 is 2.05 bits per heavy atom. The van der Waals surface area contributed by atoms with Crippen LogP contribution in [0.3, 0.4) is 0 Å². The van der Waals surface area contributed by atoms with Crippen LogP contribution in [-0.4, -0.2) is 19.6 Å². The van der Waals surface area contributed by atoms with E-state index in [0.717, 1.165) is 17.2 Å². The van der Waals surface area contributed by atoms with Gasteiger partial charge in [-0.15, -0.1) is 10.2 Å². The molecule has 3 rings (SSSR count). The number of fused-ring (bicyclic) bond motifs is 1. The van der Waals surface area contributed by atoms with Crippen molar-refractivity contribution < 1.29 is 4.74 Å². The Hall–Kier alpha value is -2.63. The van der Waals surface area contributed by atoms with E-state index in [1.807, 2.05) is 42.5 Å². The van der Waals surface area contributed by atoms with Crippen LogP contribution in [0.2, 0.25) is 0 Å². The van der Waals surface area contributed by atoms with Gasteiger partial charge < -0.3 is 10.5 Å². The number of hydrogen-bond donors (Lipinski definition) is 1. The number of nitrogen functional groups attached to an aromatic ring is 1. The van der Waals surface area contributed by atoms with Gasteiger partial charge in [-0.2, -0.15) is 0 Å². The Balaban J connectivity index is 1.88. The fourth-order valence-electron chi connectivity index (χ4n) is 2.15. The summed E-state index contributed by atoms with van der Waals surface area (Å²) < 4.78 is 7.58. The zero-order chi connectivity index (χ0) is 14.1. The highest BCUT2D eigenvalue weighted by Gasteiger charge is 2.10. The minimum Gasteiger partial charge on any atom is -0.486 e. The molecule has 0 fully saturated rings. The van der Waals surface area contributed by atoms with E-state index in [1.54, 1.807) is 6.07 Å². The van der Waals surface area contributed by atoms with E-state index in [9.17, 15) is 0 Å². The van der Waals surface area contributed by atoms with E-state index in [1.165, 1.54) is 0 Å². The summed E-state index contributed by atoms with van der Waals surface area (Å²) in [5.41, 5.74) is 8.09. The average Bonchev–Trinajstić information content (AvgIpc) is 2.79. The molecule has 6 nitrogen and oxygen atoms in total. The minimum atomic E-state index is 0.316. The van der Waals surface area contributed by atoms with E-state index < -0.39 is 0 Å². The first kappa shape index (κ1) is 12.4. The van der Waals surface area contributed by atoms with Crippen LogP contribution in [0.25, 0.3) is 5.65 Å². The second-order valence-electron chi connectivity index (χ2n) is 4.62. The third kappa shape index (κ3) is 2.27. The van der Waals surface area contributed by atoms with Gasteiger partial charge in [-0.3, -0.25) is 4.40 Å². The molecule has 2 aromatic heterocycles. The molecule has 20 heavy (non-hydrogen) atoms. The van der Waals surface area contributed by atoms with Gasteiger partial charge >= 0.3 is 0 Å². The predicted molar refractivity (Wildman–Crippen MR) is 75.4 cm³/mol. The largest absolute Gasteiger partial charge is 0.486 e. The third-order valence-electron chi connectivity index (χ3n) is 2.98. The van der Waals surface area contributed by atoms with Crippen molar-refractivity contribution in [1.82, 2.24) is 19.6 Å². The Labute approximate surface area is 116 Å². The van der Waals surface area contributed by atoms with Crippen LogP contribution in [0, 0.1) is 13.8 Å². The molecule has 2 N–H and O–H groups in total. The number of benzene rings is 1. The van der Waals surface area contributed by atoms with Crippen molar-refractivity contribution in [2.45, 2.75) is 20.5 Å². The first-order valence-corrected chi connectivity index (χ1v) is 6.30. The topological polar surface area (TPSA) is 78.3 Å². The minimum absolute atomic E-state index is 0.316. The number of nitrogens with zero attached hydrogens (tertiary/aromatic N) is 4. The first-order chi connectivity index (χ1) is 9.63. The van der Waals surface area contributed by atoms with Gasteiger partial charge in [-0.1, -0.05) is 6.07 Å². The summed E-state index contributed by atoms with van der Waals surface area (Å²) in [5, 5.41) is 8.29. The monoisotopic (exact) mass is 269 g/mol. The second kappa shape index (κ2) is 4.80. The standard InChI is InChI=1S/C14H15N5O/c1-9-6-13-17-18-14(19(13)10(2)16-9)8-20-12-5-3-4-11(15)7-12/h3-7H,8,15H2,1-2H3. The Bertz CT molecular complexity index is 765. The number of aryl methyl sites for hydroxylation is 2. The lowest BCUT2D eigenvalue weighted by atomic mass is 10.3. The molecule has 0 spiro atoms. The van der Waals surface area contributed by atoms with E-state index in [2.05, 4.69) is 15.2 Å². The van der Waals surface area contributed by atoms with Gasteiger partial charge in [0.1, 0.15) is 18.2 Å². The zero-order valence-corrected chi connectivity index (χ0v) is 11.4. The van der Waals surface area contributed by atoms with Crippen LogP contribution in [0.1, 0.15) is 17.3 Å². The van der Waals surface area contributed by atoms with Crippen molar-refractivity contribution in [3.63, 3.8) is 0 Å². The predicted octanol–water partition coefficient (Wildman–Crippen LogP) is 1.90. The molecule has 3 aromatic rings. The van der Waals surface area contributed by atoms with Gasteiger partial charge in [0, 0.05) is 23.5 Å². The van der Waals surface area contributed by atoms with Crippen molar-refractivity contribution in [2.75, 3.05) is 5.73 Å². The quantitative estimate of drug-likeness (QED) is 0.735. The summed E-state index contributed by atoms with van der Waals surface area (Å²) in [6.07, 6.45) is 0. The maximum atomic E-state index is 5.72. The SMILES string of the molecule is Cc1cc2nnc(COc3cccc(N)c3)n2c(C)n1. The molecule has 0 bridgehead atoms. The first-order valence-electron chi connectivity index (χ1n) is 6.30. The molecular weight excluding hydrogens is 254 g/mol. The number of anilines is 1. The fourth-order valence-corrected chi connectivity index (χ4v) is 2.15. The molecule has 0 unspecified atom stereocenters. The van der Waals surface area contributed by atoms with E-state index in [-0.39, 0.29) is 0 Å². The summed E-state index contributed by atoms with van der Waals surface area (Å²) in [6.45, 7) is 4.17. The van der Waals surface area contributed by atoms with Crippen LogP contribution >= 0.6 is 0 Å². The lowest BCUT2D eigenvalue weighted by Gasteiger charge is -2.07. The summed E-state index contributed by atoms with van der Waals surface area (Å²) in [6, 6.07) is 9.19. The molecule has 1 aromatic carbocycles. The molecule has 0 aliphatic heterocycles. The number of rotatable bonds is 3. The highest BCUT2D eigenvalue weighted by atomic mass is 16.5. The lowest BCUT2D eigenvalue weighted by Crippen LogP contribution is -2.05. The second-order valence-corrected chi connectivity index (χ2v) is 4.62. The molecule has 0 aliphatic carbocycles. The van der Waals surface area contributed by atoms with Gasteiger partial charge in [-0.05, 0) is 26.0 Å². The summed E-state index contributed by atoms with van der Waals surface area (Å²) in [7, 11) is 0. The molecule has 102 valence electrons. The number of nitrogens with two attached hydrogens (primary N) is 1. The van der Waals surface area contributed by atoms with Crippen molar-refractivity contribution in [3.05, 3.63) is 47.7 Å². The molecule has 0 atom stereocenters. The summed E-state index contributed by atoms with van der Waals surface area (Å²) >= 11 is 0. The molecule has 0 saturated carbocycles. The summed E-state index contributed by atoms with van der Waals surface area (Å²) in [5.74, 6) is 2.27. The Kier molecular flexibility index (Phi) is 2.98. The Morgan fingerprint density at radius 3 is 2.85 bits per heavy atom. The van der Waals surface area contributed by atoms with Gasteiger partial charge in [0.2, 0.25) is 0 Å². The number of hydrogen-bond acceptors (Lipinski definition) is 5. The van der Waals surface area contributed by atoms with Gasteiger partial charge in [0.25, 0.3) is 0 Å². The van der Waals surface area contributed by atoms with Crippen molar-refractivity contribution in [3.8, 4) is 5.75 Å². The maximum Gasteiger partial charge on any atom is 0.176 e. The fraction of sp³-hybridized carbons (Fsp3) is 0.214. The van der Waals surface area contributed by atoms with Crippen LogP contribution in [0.5, 0.6) is 5.75 Å². The zero-order valence-electron chi connectivity index (χ0n) is 11.4. The highest BCUT2D eigenvalue weighted by molar-refractivity contribution is 5.43. The van der Waals surface area contributed by atoms with Crippen LogP contribution in [0.15, 0.2) is 30.3 Å². The van der Waals surface area contributed by atoms with Crippen molar-refractivity contribution in [2.24, 2.45) is 0 Å². The average molecular weight is 269 g/mol. The van der Waals surface area contributed by atoms with Crippen molar-refractivity contribution >= 4 is 11.3 Å². The van der Waals surface area contributed by atoms with Crippen LogP contribution < -0.4 is 10.5 Å². The normalized spacial score (nSPS) is 10.9. The molecule has 0 radical (unpaired) electrons. The molecule has 6 heteroatoms. The highest BCUT2D eigenvalue weighted by Crippen LogP contribution is 2.16. The third-order valence-corrected chi connectivity index (χ3v) is 2.98. The maximum absolute atomic E-state index is 5.72. The smallest absolute Gasteiger partial charge is 0.176 e. The summed E-state index contributed by atoms with van der Waals surface area (Å²) in [4.78, 5) is 4.41. The lowest BCUT2D eigenvalue weighted by molar-refractivity contribution is 0.294. The molecule has 0 saturated heterocycles. The Morgan fingerprint density at radius 1 is 1.20 bits per heavy atom. The molecule has 0 amide bonds. The van der Waals surface area contributed by atoms with Gasteiger partial charge in [0.15, 0.2) is 11.5 Å². The van der Waals surface area contributed by atoms with E-state index in [0.29, 0.717) is 23.9 Å². The van der Waals surface area contributed by atoms with E-state index in [4.69, 9.17) is 10.5 Å². The molecular formula is C14H15N5O. The number of aromatic nitrogens is 4. The van der Waals surface area contributed by atoms with Crippen LogP contribution in [0.4, 0.5) is 5.69 Å². The van der Waals surface area contributed by atoms with Crippen molar-refractivity contribution in [1.29, 1.82) is 0 Å². The van der Waals surface area contributed by atoms with Gasteiger partial charge in [0.05, 0.1) is 0 Å². The molecule has 0 aliphatic rings.